The number of piperidine rings is 1. The van der Waals surface area contributed by atoms with Crippen LogP contribution in [0.1, 0.15) is 75.3 Å². The Hall–Kier alpha value is -0.610. The van der Waals surface area contributed by atoms with Crippen molar-refractivity contribution >= 4 is 16.5 Å². The van der Waals surface area contributed by atoms with E-state index in [2.05, 4.69) is 18.7 Å². The van der Waals surface area contributed by atoms with Crippen molar-refractivity contribution in [1.29, 1.82) is 0 Å². The number of hydrogen-bond donors (Lipinski definition) is 1. The molecule has 0 aromatic carbocycles. The zero-order valence-electron chi connectivity index (χ0n) is 13.4. The van der Waals surface area contributed by atoms with Gasteiger partial charge >= 0.3 is 0 Å². The molecule has 3 rings (SSSR count). The van der Waals surface area contributed by atoms with Crippen molar-refractivity contribution in [2.75, 3.05) is 18.0 Å². The molecule has 1 saturated heterocycles. The maximum Gasteiger partial charge on any atom is 0.185 e. The lowest BCUT2D eigenvalue weighted by Crippen LogP contribution is -2.41. The van der Waals surface area contributed by atoms with E-state index in [4.69, 9.17) is 4.98 Å². The van der Waals surface area contributed by atoms with Crippen molar-refractivity contribution in [3.8, 4) is 0 Å². The molecule has 1 aliphatic heterocycles. The second-order valence-corrected chi connectivity index (χ2v) is 8.23. The second kappa shape index (κ2) is 6.25. The molecule has 2 aliphatic rings. The molecular weight excluding hydrogens is 280 g/mol. The Morgan fingerprint density at radius 1 is 1.14 bits per heavy atom. The zero-order chi connectivity index (χ0) is 14.9. The molecule has 0 bridgehead atoms. The third kappa shape index (κ3) is 3.11. The average molecular weight is 308 g/mol. The molecule has 0 amide bonds. The van der Waals surface area contributed by atoms with E-state index in [0.717, 1.165) is 28.8 Å². The normalized spacial score (nSPS) is 22.2. The fourth-order valence-corrected chi connectivity index (χ4v) is 5.15. The molecule has 118 valence electrons. The lowest BCUT2D eigenvalue weighted by atomic mass is 9.68. The van der Waals surface area contributed by atoms with E-state index in [1.807, 2.05) is 0 Å². The predicted octanol–water partition coefficient (Wildman–Crippen LogP) is 4.31. The van der Waals surface area contributed by atoms with E-state index in [9.17, 15) is 5.11 Å². The molecule has 4 heteroatoms. The van der Waals surface area contributed by atoms with Crippen molar-refractivity contribution in [2.45, 2.75) is 71.3 Å². The van der Waals surface area contributed by atoms with Crippen LogP contribution in [0, 0.1) is 5.41 Å². The Bertz CT molecular complexity index is 467. The molecule has 1 spiro atoms. The maximum absolute atomic E-state index is 9.53. The Morgan fingerprint density at radius 2 is 1.81 bits per heavy atom. The number of hydrogen-bond acceptors (Lipinski definition) is 4. The van der Waals surface area contributed by atoms with E-state index in [1.54, 1.807) is 11.3 Å². The van der Waals surface area contributed by atoms with Gasteiger partial charge in [0, 0.05) is 13.1 Å². The first kappa shape index (κ1) is 15.3. The monoisotopic (exact) mass is 308 g/mol. The summed E-state index contributed by atoms with van der Waals surface area (Å²) in [4.78, 5) is 8.33. The van der Waals surface area contributed by atoms with E-state index in [-0.39, 0.29) is 6.61 Å². The van der Waals surface area contributed by atoms with Crippen LogP contribution in [0.5, 0.6) is 0 Å². The number of aliphatic hydroxyl groups is 1. The number of aliphatic hydroxyl groups excluding tert-OH is 1. The fourth-order valence-electron chi connectivity index (χ4n) is 4.02. The molecule has 2 heterocycles. The van der Waals surface area contributed by atoms with Crippen LogP contribution in [0.4, 0.5) is 5.13 Å². The van der Waals surface area contributed by atoms with Crippen LogP contribution in [0.25, 0.3) is 0 Å². The number of anilines is 1. The van der Waals surface area contributed by atoms with Crippen molar-refractivity contribution < 1.29 is 5.11 Å². The minimum atomic E-state index is 0.128. The van der Waals surface area contributed by atoms with Gasteiger partial charge < -0.3 is 10.0 Å². The van der Waals surface area contributed by atoms with Gasteiger partial charge in [-0.3, -0.25) is 0 Å². The molecule has 2 fully saturated rings. The molecule has 1 aliphatic carbocycles. The first-order valence-electron chi connectivity index (χ1n) is 8.49. The fraction of sp³-hybridized carbons (Fsp3) is 0.824. The third-order valence-electron chi connectivity index (χ3n) is 5.42. The lowest BCUT2D eigenvalue weighted by molar-refractivity contribution is 0.144. The SMILES string of the molecule is CC(C)c1nc(N2CCC3(CCCCC3)CC2)sc1CO. The van der Waals surface area contributed by atoms with Gasteiger partial charge in [-0.2, -0.15) is 0 Å². The summed E-state index contributed by atoms with van der Waals surface area (Å²) in [5.74, 6) is 0.395. The van der Waals surface area contributed by atoms with Crippen LogP contribution < -0.4 is 4.90 Å². The largest absolute Gasteiger partial charge is 0.391 e. The second-order valence-electron chi connectivity index (χ2n) is 7.17. The van der Waals surface area contributed by atoms with Gasteiger partial charge in [0.05, 0.1) is 17.2 Å². The molecule has 21 heavy (non-hydrogen) atoms. The first-order chi connectivity index (χ1) is 10.1. The smallest absolute Gasteiger partial charge is 0.185 e. The van der Waals surface area contributed by atoms with Gasteiger partial charge in [0.2, 0.25) is 0 Å². The topological polar surface area (TPSA) is 36.4 Å². The van der Waals surface area contributed by atoms with Gasteiger partial charge in [-0.1, -0.05) is 44.4 Å². The van der Waals surface area contributed by atoms with Crippen LogP contribution in [0.15, 0.2) is 0 Å². The number of rotatable bonds is 3. The van der Waals surface area contributed by atoms with Gasteiger partial charge in [-0.25, -0.2) is 4.98 Å². The summed E-state index contributed by atoms with van der Waals surface area (Å²) >= 11 is 1.69. The summed E-state index contributed by atoms with van der Waals surface area (Å²) in [5, 5.41) is 10.7. The molecule has 1 aromatic rings. The molecule has 0 atom stereocenters. The molecule has 0 radical (unpaired) electrons. The molecule has 1 saturated carbocycles. The highest BCUT2D eigenvalue weighted by Crippen LogP contribution is 2.45. The summed E-state index contributed by atoms with van der Waals surface area (Å²) in [6, 6.07) is 0. The van der Waals surface area contributed by atoms with Gasteiger partial charge in [0.25, 0.3) is 0 Å². The average Bonchev–Trinajstić information content (AvgIpc) is 2.93. The van der Waals surface area contributed by atoms with Gasteiger partial charge in [0.1, 0.15) is 0 Å². The van der Waals surface area contributed by atoms with E-state index >= 15 is 0 Å². The van der Waals surface area contributed by atoms with E-state index < -0.39 is 0 Å². The highest BCUT2D eigenvalue weighted by molar-refractivity contribution is 7.15. The predicted molar refractivity (Wildman–Crippen MR) is 89.1 cm³/mol. The summed E-state index contributed by atoms with van der Waals surface area (Å²) in [5.41, 5.74) is 1.74. The van der Waals surface area contributed by atoms with Gasteiger partial charge in [-0.05, 0) is 37.0 Å². The highest BCUT2D eigenvalue weighted by atomic mass is 32.1. The quantitative estimate of drug-likeness (QED) is 0.904. The van der Waals surface area contributed by atoms with Crippen LogP contribution in [0.2, 0.25) is 0 Å². The maximum atomic E-state index is 9.53. The van der Waals surface area contributed by atoms with Crippen molar-refractivity contribution in [2.24, 2.45) is 5.41 Å². The van der Waals surface area contributed by atoms with Crippen molar-refractivity contribution in [3.05, 3.63) is 10.6 Å². The van der Waals surface area contributed by atoms with Crippen molar-refractivity contribution in [1.82, 2.24) is 4.98 Å². The Balaban J connectivity index is 1.69. The molecule has 1 aromatic heterocycles. The molecule has 1 N–H and O–H groups in total. The van der Waals surface area contributed by atoms with Crippen LogP contribution in [0.3, 0.4) is 0 Å². The Kier molecular flexibility index (Phi) is 4.55. The van der Waals surface area contributed by atoms with E-state index in [0.29, 0.717) is 11.3 Å². The number of nitrogens with zero attached hydrogens (tertiary/aromatic N) is 2. The third-order valence-corrected chi connectivity index (χ3v) is 6.53. The zero-order valence-corrected chi connectivity index (χ0v) is 14.2. The standard InChI is InChI=1S/C17H28N2OS/c1-13(2)15-14(12-20)21-16(18-15)19-10-8-17(9-11-19)6-4-3-5-7-17/h13,20H,3-12H2,1-2H3. The molecule has 3 nitrogen and oxygen atoms in total. The van der Waals surface area contributed by atoms with Crippen LogP contribution in [-0.4, -0.2) is 23.2 Å². The first-order valence-corrected chi connectivity index (χ1v) is 9.31. The summed E-state index contributed by atoms with van der Waals surface area (Å²) in [6.07, 6.45) is 9.86. The van der Waals surface area contributed by atoms with Crippen molar-refractivity contribution in [3.63, 3.8) is 0 Å². The highest BCUT2D eigenvalue weighted by Gasteiger charge is 2.36. The van der Waals surface area contributed by atoms with Gasteiger partial charge in [-0.15, -0.1) is 0 Å². The Labute approximate surface area is 132 Å². The van der Waals surface area contributed by atoms with Crippen LogP contribution >= 0.6 is 11.3 Å². The molecule has 0 unspecified atom stereocenters. The summed E-state index contributed by atoms with van der Waals surface area (Å²) in [6.45, 7) is 6.74. The molecular formula is C17H28N2OS. The minimum absolute atomic E-state index is 0.128. The summed E-state index contributed by atoms with van der Waals surface area (Å²) in [7, 11) is 0. The van der Waals surface area contributed by atoms with E-state index in [1.165, 1.54) is 44.9 Å². The lowest BCUT2D eigenvalue weighted by Gasteiger charge is -2.44. The van der Waals surface area contributed by atoms with Gasteiger partial charge in [0.15, 0.2) is 5.13 Å². The number of aromatic nitrogens is 1. The minimum Gasteiger partial charge on any atom is -0.391 e. The van der Waals surface area contributed by atoms with Crippen LogP contribution in [-0.2, 0) is 6.61 Å². The number of thiazole rings is 1. The Morgan fingerprint density at radius 3 is 2.33 bits per heavy atom. The summed E-state index contributed by atoms with van der Waals surface area (Å²) < 4.78 is 0.